The minimum atomic E-state index is -0.801. The third-order valence-electron chi connectivity index (χ3n) is 4.60. The van der Waals surface area contributed by atoms with E-state index in [1.807, 2.05) is 0 Å². The van der Waals surface area contributed by atoms with Gasteiger partial charge in [0.25, 0.3) is 5.91 Å². The number of esters is 1. The molecule has 0 radical (unpaired) electrons. The molecule has 2 aliphatic heterocycles. The van der Waals surface area contributed by atoms with Gasteiger partial charge >= 0.3 is 12.1 Å². The summed E-state index contributed by atoms with van der Waals surface area (Å²) in [5.41, 5.74) is -0.0732. The summed E-state index contributed by atoms with van der Waals surface area (Å²) in [6, 6.07) is 1.91. The summed E-state index contributed by atoms with van der Waals surface area (Å²) < 4.78 is 23.7. The molecule has 1 aromatic rings. The van der Waals surface area contributed by atoms with Crippen molar-refractivity contribution in [3.05, 3.63) is 29.8 Å². The van der Waals surface area contributed by atoms with E-state index in [4.69, 9.17) is 9.47 Å². The highest BCUT2D eigenvalue weighted by molar-refractivity contribution is 5.94. The summed E-state index contributed by atoms with van der Waals surface area (Å²) in [6.45, 7) is 2.58. The number of ether oxygens (including phenoxy) is 2. The number of likely N-dealkylation sites (tertiary alicyclic amines) is 1. The highest BCUT2D eigenvalue weighted by Crippen LogP contribution is 2.25. The molecule has 1 atom stereocenters. The van der Waals surface area contributed by atoms with Gasteiger partial charge in [-0.1, -0.05) is 0 Å². The van der Waals surface area contributed by atoms with Crippen LogP contribution in [0.25, 0.3) is 0 Å². The maximum absolute atomic E-state index is 13.7. The standard InChI is InChI=1S/C17H20FN3O5/c1-2-25-16(23)13-10-26-17(24)21(13)11-5-8-20(9-6-11)15(22)12-4-3-7-19-14(12)18/h3-4,7,11,13H,2,5-6,8-10H2,1H3/t13-/m0/s1. The first-order valence-corrected chi connectivity index (χ1v) is 8.54. The van der Waals surface area contributed by atoms with Crippen LogP contribution in [0.5, 0.6) is 0 Å². The van der Waals surface area contributed by atoms with Gasteiger partial charge in [-0.15, -0.1) is 0 Å². The molecule has 2 fully saturated rings. The monoisotopic (exact) mass is 365 g/mol. The predicted octanol–water partition coefficient (Wildman–Crippen LogP) is 1.21. The van der Waals surface area contributed by atoms with E-state index >= 15 is 0 Å². The van der Waals surface area contributed by atoms with E-state index in [1.165, 1.54) is 28.1 Å². The fourth-order valence-corrected chi connectivity index (χ4v) is 3.32. The van der Waals surface area contributed by atoms with E-state index in [1.54, 1.807) is 6.92 Å². The Labute approximate surface area is 149 Å². The van der Waals surface area contributed by atoms with Crippen LogP contribution in [-0.2, 0) is 14.3 Å². The summed E-state index contributed by atoms with van der Waals surface area (Å²) in [6.07, 6.45) is 1.68. The molecule has 0 aromatic carbocycles. The summed E-state index contributed by atoms with van der Waals surface area (Å²) >= 11 is 0. The van der Waals surface area contributed by atoms with E-state index in [2.05, 4.69) is 4.98 Å². The van der Waals surface area contributed by atoms with Crippen LogP contribution in [-0.4, -0.2) is 71.1 Å². The number of carbonyl (C=O) groups is 3. The highest BCUT2D eigenvalue weighted by atomic mass is 19.1. The fraction of sp³-hybridized carbons (Fsp3) is 0.529. The van der Waals surface area contributed by atoms with Crippen LogP contribution < -0.4 is 0 Å². The molecule has 0 N–H and O–H groups in total. The second-order valence-corrected chi connectivity index (χ2v) is 6.12. The molecule has 9 heteroatoms. The Morgan fingerprint density at radius 1 is 1.38 bits per heavy atom. The van der Waals surface area contributed by atoms with Crippen molar-refractivity contribution in [1.29, 1.82) is 0 Å². The highest BCUT2D eigenvalue weighted by Gasteiger charge is 2.44. The lowest BCUT2D eigenvalue weighted by molar-refractivity contribution is -0.148. The third-order valence-corrected chi connectivity index (χ3v) is 4.60. The number of pyridine rings is 1. The Hall–Kier alpha value is -2.71. The summed E-state index contributed by atoms with van der Waals surface area (Å²) in [4.78, 5) is 42.9. The maximum Gasteiger partial charge on any atom is 0.410 e. The first-order chi connectivity index (χ1) is 12.5. The van der Waals surface area contributed by atoms with E-state index in [-0.39, 0.29) is 24.8 Å². The first kappa shape index (κ1) is 18.1. The molecular weight excluding hydrogens is 345 g/mol. The molecule has 0 aliphatic carbocycles. The van der Waals surface area contributed by atoms with Crippen LogP contribution in [0.1, 0.15) is 30.1 Å². The Morgan fingerprint density at radius 2 is 2.12 bits per heavy atom. The molecule has 26 heavy (non-hydrogen) atoms. The van der Waals surface area contributed by atoms with Crippen molar-refractivity contribution in [2.45, 2.75) is 31.8 Å². The lowest BCUT2D eigenvalue weighted by Gasteiger charge is -2.37. The van der Waals surface area contributed by atoms with Crippen LogP contribution in [0.4, 0.5) is 9.18 Å². The van der Waals surface area contributed by atoms with Gasteiger partial charge in [0, 0.05) is 25.3 Å². The molecule has 0 bridgehead atoms. The van der Waals surface area contributed by atoms with Crippen molar-refractivity contribution in [2.24, 2.45) is 0 Å². The van der Waals surface area contributed by atoms with Gasteiger partial charge in [0.15, 0.2) is 6.04 Å². The molecule has 0 spiro atoms. The Morgan fingerprint density at radius 3 is 2.77 bits per heavy atom. The number of carbonyl (C=O) groups excluding carboxylic acids is 3. The number of aromatic nitrogens is 1. The first-order valence-electron chi connectivity index (χ1n) is 8.54. The lowest BCUT2D eigenvalue weighted by atomic mass is 10.0. The fourth-order valence-electron chi connectivity index (χ4n) is 3.32. The number of hydrogen-bond acceptors (Lipinski definition) is 6. The van der Waals surface area contributed by atoms with Gasteiger partial charge in [-0.25, -0.2) is 14.6 Å². The van der Waals surface area contributed by atoms with Crippen LogP contribution in [0.2, 0.25) is 0 Å². The molecule has 3 heterocycles. The van der Waals surface area contributed by atoms with Gasteiger partial charge < -0.3 is 14.4 Å². The van der Waals surface area contributed by atoms with Crippen LogP contribution in [0, 0.1) is 5.95 Å². The smallest absolute Gasteiger partial charge is 0.410 e. The third kappa shape index (κ3) is 3.47. The topological polar surface area (TPSA) is 89.0 Å². The van der Waals surface area contributed by atoms with Gasteiger partial charge in [0.1, 0.15) is 6.61 Å². The molecule has 2 saturated heterocycles. The normalized spacial score (nSPS) is 20.8. The summed E-state index contributed by atoms with van der Waals surface area (Å²) in [5.74, 6) is -1.72. The van der Waals surface area contributed by atoms with E-state index in [9.17, 15) is 18.8 Å². The molecule has 8 nitrogen and oxygen atoms in total. The number of nitrogens with zero attached hydrogens (tertiary/aromatic N) is 3. The van der Waals surface area contributed by atoms with Crippen molar-refractivity contribution >= 4 is 18.0 Å². The Balaban J connectivity index is 1.64. The van der Waals surface area contributed by atoms with E-state index in [0.717, 1.165) is 0 Å². The van der Waals surface area contributed by atoms with Crippen molar-refractivity contribution in [1.82, 2.24) is 14.8 Å². The zero-order valence-corrected chi connectivity index (χ0v) is 14.4. The number of piperidine rings is 1. The molecule has 2 aliphatic rings. The summed E-state index contributed by atoms with van der Waals surface area (Å²) in [5, 5.41) is 0. The molecule has 0 saturated carbocycles. The van der Waals surface area contributed by atoms with Crippen molar-refractivity contribution in [2.75, 3.05) is 26.3 Å². The number of rotatable bonds is 4. The lowest BCUT2D eigenvalue weighted by Crippen LogP contribution is -2.52. The van der Waals surface area contributed by atoms with Gasteiger partial charge in [-0.05, 0) is 31.9 Å². The molecule has 140 valence electrons. The van der Waals surface area contributed by atoms with Gasteiger partial charge in [0.2, 0.25) is 5.95 Å². The number of hydrogen-bond donors (Lipinski definition) is 0. The maximum atomic E-state index is 13.7. The number of amides is 2. The van der Waals surface area contributed by atoms with Gasteiger partial charge in [-0.2, -0.15) is 4.39 Å². The zero-order chi connectivity index (χ0) is 18.7. The minimum absolute atomic E-state index is 0.0301. The Kier molecular flexibility index (Phi) is 5.34. The Bertz CT molecular complexity index is 705. The van der Waals surface area contributed by atoms with Crippen LogP contribution in [0.3, 0.4) is 0 Å². The SMILES string of the molecule is CCOC(=O)[C@@H]1COC(=O)N1C1CCN(C(=O)c2cccnc2F)CC1. The molecule has 1 aromatic heterocycles. The van der Waals surface area contributed by atoms with Crippen molar-refractivity contribution in [3.8, 4) is 0 Å². The van der Waals surface area contributed by atoms with Gasteiger partial charge in [0.05, 0.1) is 12.2 Å². The molecular formula is C17H20FN3O5. The summed E-state index contributed by atoms with van der Waals surface area (Å²) in [7, 11) is 0. The number of halogens is 1. The zero-order valence-electron chi connectivity index (χ0n) is 14.4. The van der Waals surface area contributed by atoms with Crippen LogP contribution in [0.15, 0.2) is 18.3 Å². The quantitative estimate of drug-likeness (QED) is 0.589. The minimum Gasteiger partial charge on any atom is -0.464 e. The molecule has 3 rings (SSSR count). The van der Waals surface area contributed by atoms with Crippen molar-refractivity contribution < 1.29 is 28.2 Å². The average Bonchev–Trinajstić information content (AvgIpc) is 3.03. The largest absolute Gasteiger partial charge is 0.464 e. The van der Waals surface area contributed by atoms with E-state index in [0.29, 0.717) is 25.9 Å². The van der Waals surface area contributed by atoms with Crippen LogP contribution >= 0.6 is 0 Å². The van der Waals surface area contributed by atoms with Gasteiger partial charge in [-0.3, -0.25) is 9.69 Å². The average molecular weight is 365 g/mol. The second-order valence-electron chi connectivity index (χ2n) is 6.12. The second kappa shape index (κ2) is 7.67. The number of cyclic esters (lactones) is 1. The van der Waals surface area contributed by atoms with Crippen molar-refractivity contribution in [3.63, 3.8) is 0 Å². The predicted molar refractivity (Wildman–Crippen MR) is 86.7 cm³/mol. The molecule has 0 unspecified atom stereocenters. The van der Waals surface area contributed by atoms with E-state index < -0.39 is 30.0 Å². The molecule has 2 amide bonds.